The fraction of sp³-hybridized carbons (Fsp3) is 0.478. The van der Waals surface area contributed by atoms with Gasteiger partial charge in [-0.25, -0.2) is 9.78 Å². The van der Waals surface area contributed by atoms with Crippen LogP contribution in [0.5, 0.6) is 5.75 Å². The van der Waals surface area contributed by atoms with E-state index in [-0.39, 0.29) is 11.6 Å². The minimum atomic E-state index is -0.182. The molecule has 1 heterocycles. The van der Waals surface area contributed by atoms with Crippen LogP contribution in [0.2, 0.25) is 5.02 Å². The summed E-state index contributed by atoms with van der Waals surface area (Å²) in [6.45, 7) is 0.359. The smallest absolute Gasteiger partial charge is 0.320 e. The molecule has 4 fully saturated rings. The number of nitrogens with zero attached hydrogens (tertiary/aromatic N) is 1. The summed E-state index contributed by atoms with van der Waals surface area (Å²) in [5, 5.41) is 6.91. The van der Waals surface area contributed by atoms with Gasteiger partial charge in [-0.2, -0.15) is 0 Å². The van der Waals surface area contributed by atoms with Crippen LogP contribution < -0.4 is 15.4 Å². The average Bonchev–Trinajstić information content (AvgIpc) is 2.66. The first-order valence-corrected chi connectivity index (χ1v) is 10.9. The van der Waals surface area contributed by atoms with Crippen molar-refractivity contribution in [3.05, 3.63) is 53.2 Å². The van der Waals surface area contributed by atoms with Crippen LogP contribution in [-0.2, 0) is 6.61 Å². The summed E-state index contributed by atoms with van der Waals surface area (Å²) < 4.78 is 5.91. The van der Waals surface area contributed by atoms with Crippen molar-refractivity contribution in [2.45, 2.75) is 50.7 Å². The molecule has 4 aliphatic rings. The average molecular weight is 412 g/mol. The summed E-state index contributed by atoms with van der Waals surface area (Å²) in [7, 11) is 0. The zero-order valence-corrected chi connectivity index (χ0v) is 17.1. The van der Waals surface area contributed by atoms with E-state index in [1.807, 2.05) is 30.3 Å². The Kier molecular flexibility index (Phi) is 4.86. The molecular weight excluding hydrogens is 386 g/mol. The van der Waals surface area contributed by atoms with E-state index in [4.69, 9.17) is 16.3 Å². The summed E-state index contributed by atoms with van der Waals surface area (Å²) in [5.41, 5.74) is 0.931. The normalized spacial score (nSPS) is 29.5. The molecule has 1 aromatic carbocycles. The summed E-state index contributed by atoms with van der Waals surface area (Å²) >= 11 is 6.04. The lowest BCUT2D eigenvalue weighted by Crippen LogP contribution is -2.60. The summed E-state index contributed by atoms with van der Waals surface area (Å²) in [4.78, 5) is 17.2. The molecule has 1 aromatic heterocycles. The molecule has 2 N–H and O–H groups in total. The highest BCUT2D eigenvalue weighted by Gasteiger charge is 2.51. The third kappa shape index (κ3) is 4.06. The van der Waals surface area contributed by atoms with Crippen molar-refractivity contribution < 1.29 is 9.53 Å². The molecule has 2 amide bonds. The highest BCUT2D eigenvalue weighted by atomic mass is 35.5. The molecule has 0 aliphatic heterocycles. The molecule has 4 saturated carbocycles. The SMILES string of the molecule is O=C(Nc1ncccc1OCc1cccc(Cl)c1)NC12CC3CC(CC(C3)C1)C2. The molecule has 5 nitrogen and oxygen atoms in total. The monoisotopic (exact) mass is 411 g/mol. The first-order chi connectivity index (χ1) is 14.1. The van der Waals surface area contributed by atoms with Gasteiger partial charge in [0.05, 0.1) is 0 Å². The lowest BCUT2D eigenvalue weighted by Gasteiger charge is -2.56. The Morgan fingerprint density at radius 1 is 1.10 bits per heavy atom. The van der Waals surface area contributed by atoms with Crippen molar-refractivity contribution in [2.75, 3.05) is 5.32 Å². The number of urea groups is 1. The Hall–Kier alpha value is -2.27. The summed E-state index contributed by atoms with van der Waals surface area (Å²) in [6, 6.07) is 11.0. The molecule has 0 atom stereocenters. The van der Waals surface area contributed by atoms with Gasteiger partial charge in [0.1, 0.15) is 6.61 Å². The Morgan fingerprint density at radius 2 is 1.83 bits per heavy atom. The fourth-order valence-corrected chi connectivity index (χ4v) is 6.24. The first kappa shape index (κ1) is 18.7. The van der Waals surface area contributed by atoms with Crippen LogP contribution in [-0.4, -0.2) is 16.6 Å². The number of ether oxygens (including phenoxy) is 1. The Bertz CT molecular complexity index is 881. The number of carbonyl (C=O) groups is 1. The number of amides is 2. The predicted octanol–water partition coefficient (Wildman–Crippen LogP) is 5.40. The van der Waals surface area contributed by atoms with Crippen molar-refractivity contribution in [2.24, 2.45) is 17.8 Å². The van der Waals surface area contributed by atoms with Gasteiger partial charge >= 0.3 is 6.03 Å². The van der Waals surface area contributed by atoms with Gasteiger partial charge in [0.15, 0.2) is 11.6 Å². The van der Waals surface area contributed by atoms with Crippen LogP contribution in [0.3, 0.4) is 0 Å². The number of carbonyl (C=O) groups excluding carboxylic acids is 1. The zero-order valence-electron chi connectivity index (χ0n) is 16.4. The van der Waals surface area contributed by atoms with Crippen LogP contribution in [0.15, 0.2) is 42.6 Å². The molecular formula is C23H26ClN3O2. The summed E-state index contributed by atoms with van der Waals surface area (Å²) in [5.74, 6) is 3.35. The van der Waals surface area contributed by atoms with Gasteiger partial charge in [0, 0.05) is 16.8 Å². The van der Waals surface area contributed by atoms with E-state index in [1.165, 1.54) is 19.3 Å². The van der Waals surface area contributed by atoms with Crippen molar-refractivity contribution in [3.8, 4) is 5.75 Å². The third-order valence-corrected chi connectivity index (χ3v) is 6.94. The standard InChI is InChI=1S/C23H26ClN3O2/c24-19-4-1-3-15(10-19)14-29-20-5-2-6-25-21(20)26-22(28)27-23-11-16-7-17(12-23)9-18(8-16)13-23/h1-6,10,16-18H,7-9,11-14H2,(H2,25,26,27,28). The van der Waals surface area contributed by atoms with E-state index in [0.717, 1.165) is 42.6 Å². The molecule has 0 spiro atoms. The molecule has 0 saturated heterocycles. The number of anilines is 1. The van der Waals surface area contributed by atoms with Gasteiger partial charge in [0.25, 0.3) is 0 Å². The van der Waals surface area contributed by atoms with Crippen molar-refractivity contribution in [3.63, 3.8) is 0 Å². The van der Waals surface area contributed by atoms with Crippen molar-refractivity contribution in [1.82, 2.24) is 10.3 Å². The van der Waals surface area contributed by atoms with Crippen LogP contribution in [0.4, 0.5) is 10.6 Å². The van der Waals surface area contributed by atoms with E-state index < -0.39 is 0 Å². The zero-order chi connectivity index (χ0) is 19.8. The Morgan fingerprint density at radius 3 is 2.52 bits per heavy atom. The van der Waals surface area contributed by atoms with Gasteiger partial charge in [-0.15, -0.1) is 0 Å². The second-order valence-electron chi connectivity index (χ2n) is 9.05. The highest BCUT2D eigenvalue weighted by molar-refractivity contribution is 6.30. The molecule has 0 radical (unpaired) electrons. The van der Waals surface area contributed by atoms with E-state index in [9.17, 15) is 4.79 Å². The summed E-state index contributed by atoms with van der Waals surface area (Å²) in [6.07, 6.45) is 9.07. The maximum atomic E-state index is 12.8. The number of pyridine rings is 1. The molecule has 0 unspecified atom stereocenters. The highest BCUT2D eigenvalue weighted by Crippen LogP contribution is 2.55. The lowest BCUT2D eigenvalue weighted by molar-refractivity contribution is -0.0127. The second kappa shape index (κ2) is 7.52. The molecule has 152 valence electrons. The topological polar surface area (TPSA) is 63.2 Å². The largest absolute Gasteiger partial charge is 0.485 e. The number of aromatic nitrogens is 1. The molecule has 2 aromatic rings. The van der Waals surface area contributed by atoms with Crippen LogP contribution in [0.1, 0.15) is 44.1 Å². The van der Waals surface area contributed by atoms with E-state index in [1.54, 1.807) is 12.3 Å². The molecule has 4 aliphatic carbocycles. The minimum Gasteiger partial charge on any atom is -0.485 e. The maximum absolute atomic E-state index is 12.8. The number of rotatable bonds is 5. The van der Waals surface area contributed by atoms with Crippen LogP contribution in [0, 0.1) is 17.8 Å². The van der Waals surface area contributed by atoms with E-state index in [0.29, 0.717) is 23.2 Å². The van der Waals surface area contributed by atoms with Crippen molar-refractivity contribution in [1.29, 1.82) is 0 Å². The molecule has 29 heavy (non-hydrogen) atoms. The fourth-order valence-electron chi connectivity index (χ4n) is 6.03. The first-order valence-electron chi connectivity index (χ1n) is 10.5. The van der Waals surface area contributed by atoms with Gasteiger partial charge in [-0.1, -0.05) is 23.7 Å². The van der Waals surface area contributed by atoms with E-state index >= 15 is 0 Å². The quantitative estimate of drug-likeness (QED) is 0.691. The van der Waals surface area contributed by atoms with Gasteiger partial charge in [-0.05, 0) is 86.1 Å². The Balaban J connectivity index is 1.24. The number of hydrogen-bond acceptors (Lipinski definition) is 3. The van der Waals surface area contributed by atoms with Gasteiger partial charge in [-0.3, -0.25) is 5.32 Å². The molecule has 4 bridgehead atoms. The van der Waals surface area contributed by atoms with E-state index in [2.05, 4.69) is 15.6 Å². The van der Waals surface area contributed by atoms with Gasteiger partial charge < -0.3 is 10.1 Å². The minimum absolute atomic E-state index is 0.0323. The third-order valence-electron chi connectivity index (χ3n) is 6.70. The van der Waals surface area contributed by atoms with Crippen molar-refractivity contribution >= 4 is 23.4 Å². The lowest BCUT2D eigenvalue weighted by atomic mass is 9.53. The van der Waals surface area contributed by atoms with Gasteiger partial charge in [0.2, 0.25) is 0 Å². The van der Waals surface area contributed by atoms with Crippen LogP contribution >= 0.6 is 11.6 Å². The number of halogens is 1. The number of hydrogen-bond donors (Lipinski definition) is 2. The number of nitrogens with one attached hydrogen (secondary N) is 2. The number of benzene rings is 1. The predicted molar refractivity (Wildman–Crippen MR) is 113 cm³/mol. The Labute approximate surface area is 176 Å². The van der Waals surface area contributed by atoms with Crippen LogP contribution in [0.25, 0.3) is 0 Å². The molecule has 6 rings (SSSR count). The molecule has 6 heteroatoms. The maximum Gasteiger partial charge on any atom is 0.320 e. The second-order valence-corrected chi connectivity index (χ2v) is 9.48.